The molecule has 2 aliphatic rings. The van der Waals surface area contributed by atoms with E-state index in [9.17, 15) is 14.1 Å². The van der Waals surface area contributed by atoms with E-state index in [2.05, 4.69) is 22.6 Å². The summed E-state index contributed by atoms with van der Waals surface area (Å²) < 4.78 is 18.2. The molecule has 3 heterocycles. The molecular formula is C21H24ClN3O4S2. The van der Waals surface area contributed by atoms with E-state index in [1.165, 1.54) is 11.1 Å². The van der Waals surface area contributed by atoms with Gasteiger partial charge in [-0.15, -0.1) is 11.3 Å². The number of nitrogens with one attached hydrogen (secondary N) is 2. The van der Waals surface area contributed by atoms with Crippen molar-refractivity contribution in [3.05, 3.63) is 50.7 Å². The van der Waals surface area contributed by atoms with Crippen LogP contribution in [0.5, 0.6) is 0 Å². The van der Waals surface area contributed by atoms with Crippen molar-refractivity contribution in [3.8, 4) is 0 Å². The number of benzene rings is 1. The highest BCUT2D eigenvalue weighted by atomic mass is 35.5. The van der Waals surface area contributed by atoms with Gasteiger partial charge in [0.05, 0.1) is 15.6 Å². The lowest BCUT2D eigenvalue weighted by Gasteiger charge is -2.27. The summed E-state index contributed by atoms with van der Waals surface area (Å²) in [7, 11) is 2.10. The molecule has 4 rings (SSSR count). The third-order valence-corrected chi connectivity index (χ3v) is 8.21. The number of hydrogen-bond acceptors (Lipinski definition) is 6. The van der Waals surface area contributed by atoms with Crippen LogP contribution >= 0.6 is 22.9 Å². The summed E-state index contributed by atoms with van der Waals surface area (Å²) in [5.41, 5.74) is 1.82. The second kappa shape index (κ2) is 9.38. The SMILES string of the molecule is CN1CCc2ccc(NC(=O)OC3(NC(=O)c4ccc(Cl)s4)CC[S+]([O-])C3)cc2CC1. The van der Waals surface area contributed by atoms with Crippen LogP contribution in [0.25, 0.3) is 0 Å². The molecule has 0 aliphatic carbocycles. The van der Waals surface area contributed by atoms with E-state index >= 15 is 0 Å². The van der Waals surface area contributed by atoms with Crippen molar-refractivity contribution < 1.29 is 18.9 Å². The maximum absolute atomic E-state index is 12.7. The van der Waals surface area contributed by atoms with Crippen molar-refractivity contribution in [2.24, 2.45) is 0 Å². The van der Waals surface area contributed by atoms with E-state index in [1.807, 2.05) is 18.2 Å². The molecule has 2 aliphatic heterocycles. The Morgan fingerprint density at radius 3 is 2.68 bits per heavy atom. The van der Waals surface area contributed by atoms with Crippen LogP contribution in [0.3, 0.4) is 0 Å². The minimum Gasteiger partial charge on any atom is -0.616 e. The first-order chi connectivity index (χ1) is 14.8. The number of thiophene rings is 1. The number of carbonyl (C=O) groups is 2. The van der Waals surface area contributed by atoms with E-state index in [0.717, 1.165) is 37.3 Å². The molecule has 1 aromatic heterocycles. The second-order valence-corrected chi connectivity index (χ2v) is 11.2. The first kappa shape index (κ1) is 22.4. The lowest BCUT2D eigenvalue weighted by atomic mass is 10.0. The molecular weight excluding hydrogens is 458 g/mol. The highest BCUT2D eigenvalue weighted by molar-refractivity contribution is 7.91. The average molecular weight is 482 g/mol. The standard InChI is InChI=1S/C21H24ClN3O4S2/c1-25-9-6-14-2-3-16(12-15(14)7-10-25)23-20(27)29-21(8-11-31(28)13-21)24-19(26)17-4-5-18(22)30-17/h2-5,12H,6-11,13H2,1H3,(H,23,27)(H,24,26). The second-order valence-electron chi connectivity index (χ2n) is 7.89. The van der Waals surface area contributed by atoms with Crippen LogP contribution in [0.1, 0.15) is 27.2 Å². The molecule has 0 spiro atoms. The van der Waals surface area contributed by atoms with Crippen molar-refractivity contribution in [1.29, 1.82) is 0 Å². The maximum Gasteiger partial charge on any atom is 0.413 e. The molecule has 2 unspecified atom stereocenters. The Morgan fingerprint density at radius 2 is 2.00 bits per heavy atom. The number of nitrogens with zero attached hydrogens (tertiary/aromatic N) is 1. The molecule has 2 N–H and O–H groups in total. The highest BCUT2D eigenvalue weighted by Crippen LogP contribution is 2.28. The Labute approximate surface area is 193 Å². The van der Waals surface area contributed by atoms with E-state index < -0.39 is 28.9 Å². The number of fused-ring (bicyclic) bond motifs is 1. The zero-order valence-electron chi connectivity index (χ0n) is 17.1. The summed E-state index contributed by atoms with van der Waals surface area (Å²) in [5, 5.41) is 5.53. The molecule has 0 bridgehead atoms. The number of rotatable bonds is 4. The number of hydrogen-bond donors (Lipinski definition) is 2. The Balaban J connectivity index is 1.44. The Morgan fingerprint density at radius 1 is 1.23 bits per heavy atom. The molecule has 2 atom stereocenters. The maximum atomic E-state index is 12.7. The smallest absolute Gasteiger partial charge is 0.413 e. The fraction of sp³-hybridized carbons (Fsp3) is 0.429. The third-order valence-electron chi connectivity index (χ3n) is 5.53. The average Bonchev–Trinajstić information content (AvgIpc) is 3.25. The van der Waals surface area contributed by atoms with Crippen LogP contribution in [-0.4, -0.2) is 58.8 Å². The third kappa shape index (κ3) is 5.53. The van der Waals surface area contributed by atoms with Crippen LogP contribution in [0.4, 0.5) is 10.5 Å². The van der Waals surface area contributed by atoms with Gasteiger partial charge in [-0.25, -0.2) is 4.79 Å². The van der Waals surface area contributed by atoms with Gasteiger partial charge in [0.15, 0.2) is 5.75 Å². The normalized spacial score (nSPS) is 23.6. The van der Waals surface area contributed by atoms with Gasteiger partial charge in [0, 0.05) is 18.8 Å². The van der Waals surface area contributed by atoms with E-state index in [0.29, 0.717) is 20.7 Å². The first-order valence-electron chi connectivity index (χ1n) is 10.1. The van der Waals surface area contributed by atoms with Gasteiger partial charge in [0.25, 0.3) is 5.91 Å². The molecule has 0 radical (unpaired) electrons. The minimum atomic E-state index is -1.31. The summed E-state index contributed by atoms with van der Waals surface area (Å²) in [6.07, 6.45) is 1.49. The quantitative estimate of drug-likeness (QED) is 0.516. The van der Waals surface area contributed by atoms with Crippen LogP contribution in [0.2, 0.25) is 4.34 Å². The largest absolute Gasteiger partial charge is 0.616 e. The van der Waals surface area contributed by atoms with Gasteiger partial charge in [-0.3, -0.25) is 10.1 Å². The van der Waals surface area contributed by atoms with Crippen LogP contribution < -0.4 is 10.6 Å². The lowest BCUT2D eigenvalue weighted by Crippen LogP contribution is -2.53. The highest BCUT2D eigenvalue weighted by Gasteiger charge is 2.47. The van der Waals surface area contributed by atoms with Crippen LogP contribution in [0.15, 0.2) is 30.3 Å². The number of anilines is 1. The molecule has 31 heavy (non-hydrogen) atoms. The summed E-state index contributed by atoms with van der Waals surface area (Å²) >= 11 is 5.87. The number of carbonyl (C=O) groups excluding carboxylic acids is 2. The minimum absolute atomic E-state index is 0.0573. The van der Waals surface area contributed by atoms with Crippen molar-refractivity contribution in [2.45, 2.75) is 25.0 Å². The van der Waals surface area contributed by atoms with E-state index in [-0.39, 0.29) is 12.2 Å². The van der Waals surface area contributed by atoms with Gasteiger partial charge in [-0.2, -0.15) is 0 Å². The van der Waals surface area contributed by atoms with Gasteiger partial charge >= 0.3 is 6.09 Å². The molecule has 2 amide bonds. The van der Waals surface area contributed by atoms with Crippen molar-refractivity contribution in [1.82, 2.24) is 10.2 Å². The predicted molar refractivity (Wildman–Crippen MR) is 123 cm³/mol. The van der Waals surface area contributed by atoms with Gasteiger partial charge < -0.3 is 19.5 Å². The molecule has 1 aromatic carbocycles. The number of ether oxygens (including phenoxy) is 1. The van der Waals surface area contributed by atoms with Gasteiger partial charge in [0.2, 0.25) is 5.72 Å². The molecule has 7 nitrogen and oxygen atoms in total. The van der Waals surface area contributed by atoms with Gasteiger partial charge in [-0.05, 0) is 66.5 Å². The summed E-state index contributed by atoms with van der Waals surface area (Å²) in [6.45, 7) is 1.98. The first-order valence-corrected chi connectivity index (χ1v) is 12.7. The Bertz CT molecular complexity index is 985. The Kier molecular flexibility index (Phi) is 6.78. The van der Waals surface area contributed by atoms with Gasteiger partial charge in [0.1, 0.15) is 5.75 Å². The zero-order valence-corrected chi connectivity index (χ0v) is 19.5. The number of likely N-dealkylation sites (N-methyl/N-ethyl adjacent to an activating group) is 1. The summed E-state index contributed by atoms with van der Waals surface area (Å²) in [5.74, 6) is 0.00477. The molecule has 1 fully saturated rings. The van der Waals surface area contributed by atoms with Crippen molar-refractivity contribution in [2.75, 3.05) is 37.0 Å². The van der Waals surface area contributed by atoms with Crippen molar-refractivity contribution in [3.63, 3.8) is 0 Å². The van der Waals surface area contributed by atoms with Crippen LogP contribution in [0, 0.1) is 0 Å². The monoisotopic (exact) mass is 481 g/mol. The zero-order chi connectivity index (χ0) is 22.0. The molecule has 166 valence electrons. The summed E-state index contributed by atoms with van der Waals surface area (Å²) in [6, 6.07) is 9.10. The summed E-state index contributed by atoms with van der Waals surface area (Å²) in [4.78, 5) is 28.0. The van der Waals surface area contributed by atoms with E-state index in [4.69, 9.17) is 16.3 Å². The lowest BCUT2D eigenvalue weighted by molar-refractivity contribution is 0.0138. The number of amides is 2. The fourth-order valence-corrected chi connectivity index (χ4v) is 6.26. The molecule has 10 heteroatoms. The van der Waals surface area contributed by atoms with Gasteiger partial charge in [-0.1, -0.05) is 17.7 Å². The van der Waals surface area contributed by atoms with Crippen molar-refractivity contribution >= 4 is 51.8 Å². The molecule has 2 aromatic rings. The number of halogens is 1. The topological polar surface area (TPSA) is 93.7 Å². The molecule has 0 saturated carbocycles. The Hall–Kier alpha value is -1.78. The molecule has 1 saturated heterocycles. The fourth-order valence-electron chi connectivity index (χ4n) is 3.83. The predicted octanol–water partition coefficient (Wildman–Crippen LogP) is 3.26. The van der Waals surface area contributed by atoms with Crippen LogP contribution in [-0.2, 0) is 28.8 Å². The van der Waals surface area contributed by atoms with E-state index in [1.54, 1.807) is 12.1 Å².